The largest absolute Gasteiger partial charge is 0.392 e. The second-order valence-electron chi connectivity index (χ2n) is 5.66. The van der Waals surface area contributed by atoms with Gasteiger partial charge in [-0.2, -0.15) is 0 Å². The molecule has 2 aromatic rings. The second kappa shape index (κ2) is 6.34. The molecule has 2 heterocycles. The third-order valence-corrected chi connectivity index (χ3v) is 4.68. The molecule has 5 nitrogen and oxygen atoms in total. The Morgan fingerprint density at radius 1 is 1.43 bits per heavy atom. The van der Waals surface area contributed by atoms with Crippen LogP contribution in [0.1, 0.15) is 25.7 Å². The molecule has 21 heavy (non-hydrogen) atoms. The molecular formula is C15H20BrN3O2. The van der Waals surface area contributed by atoms with Crippen molar-refractivity contribution in [1.82, 2.24) is 14.9 Å². The monoisotopic (exact) mass is 353 g/mol. The third kappa shape index (κ3) is 3.22. The van der Waals surface area contributed by atoms with E-state index in [0.29, 0.717) is 6.54 Å². The average molecular weight is 354 g/mol. The first-order chi connectivity index (χ1) is 10.1. The summed E-state index contributed by atoms with van der Waals surface area (Å²) in [6.45, 7) is 1.64. The fourth-order valence-electron chi connectivity index (χ4n) is 3.05. The van der Waals surface area contributed by atoms with Crippen LogP contribution in [-0.4, -0.2) is 33.3 Å². The van der Waals surface area contributed by atoms with E-state index in [9.17, 15) is 9.90 Å². The zero-order chi connectivity index (χ0) is 14.8. The maximum atomic E-state index is 12.0. The first-order valence-electron chi connectivity index (χ1n) is 7.44. The van der Waals surface area contributed by atoms with Crippen molar-refractivity contribution in [1.29, 1.82) is 0 Å². The molecule has 0 radical (unpaired) electrons. The Hall–Kier alpha value is -1.11. The van der Waals surface area contributed by atoms with Crippen LogP contribution in [-0.2, 0) is 6.54 Å². The van der Waals surface area contributed by atoms with Crippen molar-refractivity contribution in [2.75, 3.05) is 6.54 Å². The summed E-state index contributed by atoms with van der Waals surface area (Å²) < 4.78 is 2.74. The van der Waals surface area contributed by atoms with Crippen molar-refractivity contribution >= 4 is 27.0 Å². The minimum absolute atomic E-state index is 0.0692. The molecule has 0 saturated carbocycles. The predicted molar refractivity (Wildman–Crippen MR) is 86.5 cm³/mol. The number of hydrogen-bond donors (Lipinski definition) is 3. The lowest BCUT2D eigenvalue weighted by Crippen LogP contribution is -2.44. The van der Waals surface area contributed by atoms with Gasteiger partial charge in [-0.1, -0.05) is 15.9 Å². The molecule has 6 heteroatoms. The number of piperidine rings is 1. The van der Waals surface area contributed by atoms with E-state index in [0.717, 1.165) is 47.7 Å². The van der Waals surface area contributed by atoms with Gasteiger partial charge in [-0.05, 0) is 50.4 Å². The molecule has 0 aliphatic carbocycles. The number of aliphatic hydroxyl groups excluding tert-OH is 1. The van der Waals surface area contributed by atoms with Gasteiger partial charge >= 0.3 is 5.69 Å². The number of H-pyrrole nitrogens is 1. The number of benzene rings is 1. The van der Waals surface area contributed by atoms with Gasteiger partial charge in [0.2, 0.25) is 0 Å². The molecule has 0 unspecified atom stereocenters. The molecule has 3 rings (SSSR count). The van der Waals surface area contributed by atoms with E-state index < -0.39 is 0 Å². The lowest BCUT2D eigenvalue weighted by atomic mass is 9.97. The van der Waals surface area contributed by atoms with Crippen molar-refractivity contribution in [2.24, 2.45) is 0 Å². The maximum Gasteiger partial charge on any atom is 0.326 e. The summed E-state index contributed by atoms with van der Waals surface area (Å²) in [4.78, 5) is 14.9. The molecule has 1 aromatic carbocycles. The standard InChI is InChI=1S/C15H20BrN3O2/c16-10-5-6-11-13(9-10)19(15(21)18-11)8-2-3-12-14(20)4-1-7-17-12/h5-6,9,12,14,17,20H,1-4,7-8H2,(H,18,21)/t12-,14+/m1/s1. The number of aryl methyl sites for hydroxylation is 1. The van der Waals surface area contributed by atoms with Crippen LogP contribution in [0.3, 0.4) is 0 Å². The SMILES string of the molecule is O=c1[nH]c2ccc(Br)cc2n1CCC[C@H]1NCCC[C@@H]1O. The molecule has 1 aromatic heterocycles. The van der Waals surface area contributed by atoms with Crippen molar-refractivity contribution in [2.45, 2.75) is 44.4 Å². The number of aromatic nitrogens is 2. The van der Waals surface area contributed by atoms with E-state index in [-0.39, 0.29) is 17.8 Å². The Kier molecular flexibility index (Phi) is 4.47. The van der Waals surface area contributed by atoms with Gasteiger partial charge in [-0.25, -0.2) is 4.79 Å². The van der Waals surface area contributed by atoms with E-state index in [1.54, 1.807) is 4.57 Å². The van der Waals surface area contributed by atoms with Crippen LogP contribution in [0.15, 0.2) is 27.5 Å². The first kappa shape index (κ1) is 14.8. The van der Waals surface area contributed by atoms with Crippen LogP contribution < -0.4 is 11.0 Å². The highest BCUT2D eigenvalue weighted by Crippen LogP contribution is 2.18. The van der Waals surface area contributed by atoms with E-state index >= 15 is 0 Å². The number of fused-ring (bicyclic) bond motifs is 1. The zero-order valence-electron chi connectivity index (χ0n) is 11.8. The molecule has 2 atom stereocenters. The van der Waals surface area contributed by atoms with Gasteiger partial charge in [-0.15, -0.1) is 0 Å². The number of halogens is 1. The summed E-state index contributed by atoms with van der Waals surface area (Å²) in [6.07, 6.45) is 3.40. The smallest absolute Gasteiger partial charge is 0.326 e. The van der Waals surface area contributed by atoms with Gasteiger partial charge in [0.15, 0.2) is 0 Å². The second-order valence-corrected chi connectivity index (χ2v) is 6.57. The van der Waals surface area contributed by atoms with Gasteiger partial charge < -0.3 is 15.4 Å². The van der Waals surface area contributed by atoms with Gasteiger partial charge in [0, 0.05) is 17.1 Å². The summed E-state index contributed by atoms with van der Waals surface area (Å²) in [7, 11) is 0. The van der Waals surface area contributed by atoms with Crippen molar-refractivity contribution in [3.05, 3.63) is 33.2 Å². The Morgan fingerprint density at radius 3 is 3.10 bits per heavy atom. The van der Waals surface area contributed by atoms with Gasteiger partial charge in [0.1, 0.15) is 0 Å². The van der Waals surface area contributed by atoms with Crippen molar-refractivity contribution in [3.8, 4) is 0 Å². The summed E-state index contributed by atoms with van der Waals surface area (Å²) in [6, 6.07) is 5.95. The first-order valence-corrected chi connectivity index (χ1v) is 8.24. The number of nitrogens with one attached hydrogen (secondary N) is 2. The molecule has 0 bridgehead atoms. The van der Waals surface area contributed by atoms with E-state index in [2.05, 4.69) is 26.2 Å². The molecule has 1 saturated heterocycles. The van der Waals surface area contributed by atoms with Gasteiger partial charge in [-0.3, -0.25) is 4.57 Å². The summed E-state index contributed by atoms with van der Waals surface area (Å²) in [5.74, 6) is 0. The topological polar surface area (TPSA) is 70.0 Å². The molecule has 114 valence electrons. The van der Waals surface area contributed by atoms with E-state index in [4.69, 9.17) is 0 Å². The molecular weight excluding hydrogens is 334 g/mol. The highest BCUT2D eigenvalue weighted by atomic mass is 79.9. The highest BCUT2D eigenvalue weighted by Gasteiger charge is 2.21. The number of hydrogen-bond acceptors (Lipinski definition) is 3. The van der Waals surface area contributed by atoms with Crippen LogP contribution in [0.4, 0.5) is 0 Å². The molecule has 3 N–H and O–H groups in total. The van der Waals surface area contributed by atoms with Crippen LogP contribution in [0.2, 0.25) is 0 Å². The Morgan fingerprint density at radius 2 is 2.29 bits per heavy atom. The van der Waals surface area contributed by atoms with Crippen LogP contribution >= 0.6 is 15.9 Å². The molecule has 0 spiro atoms. The molecule has 0 amide bonds. The quantitative estimate of drug-likeness (QED) is 0.787. The van der Waals surface area contributed by atoms with Gasteiger partial charge in [0.25, 0.3) is 0 Å². The van der Waals surface area contributed by atoms with E-state index in [1.165, 1.54) is 0 Å². The van der Waals surface area contributed by atoms with Crippen molar-refractivity contribution < 1.29 is 5.11 Å². The normalized spacial score (nSPS) is 22.8. The number of aromatic amines is 1. The van der Waals surface area contributed by atoms with E-state index in [1.807, 2.05) is 18.2 Å². The third-order valence-electron chi connectivity index (χ3n) is 4.18. The molecule has 1 fully saturated rings. The summed E-state index contributed by atoms with van der Waals surface area (Å²) in [5, 5.41) is 13.3. The number of imidazole rings is 1. The molecule has 1 aliphatic heterocycles. The number of nitrogens with zero attached hydrogens (tertiary/aromatic N) is 1. The minimum atomic E-state index is -0.257. The summed E-state index contributed by atoms with van der Waals surface area (Å²) >= 11 is 3.44. The van der Waals surface area contributed by atoms with Crippen LogP contribution in [0, 0.1) is 0 Å². The lowest BCUT2D eigenvalue weighted by molar-refractivity contribution is 0.0909. The lowest BCUT2D eigenvalue weighted by Gasteiger charge is -2.28. The Bertz CT molecular complexity index is 679. The van der Waals surface area contributed by atoms with Crippen LogP contribution in [0.5, 0.6) is 0 Å². The Balaban J connectivity index is 1.69. The van der Waals surface area contributed by atoms with Crippen LogP contribution in [0.25, 0.3) is 11.0 Å². The Labute approximate surface area is 131 Å². The fraction of sp³-hybridized carbons (Fsp3) is 0.533. The highest BCUT2D eigenvalue weighted by molar-refractivity contribution is 9.10. The average Bonchev–Trinajstić information content (AvgIpc) is 2.77. The van der Waals surface area contributed by atoms with Gasteiger partial charge in [0.05, 0.1) is 17.1 Å². The predicted octanol–water partition coefficient (Wildman–Crippen LogP) is 1.99. The van der Waals surface area contributed by atoms with Crippen molar-refractivity contribution in [3.63, 3.8) is 0 Å². The fourth-order valence-corrected chi connectivity index (χ4v) is 3.40. The minimum Gasteiger partial charge on any atom is -0.392 e. The molecule has 1 aliphatic rings. The number of rotatable bonds is 4. The summed E-state index contributed by atoms with van der Waals surface area (Å²) in [5.41, 5.74) is 1.71. The number of aliphatic hydroxyl groups is 1. The maximum absolute atomic E-state index is 12.0. The zero-order valence-corrected chi connectivity index (χ0v) is 13.4.